The Morgan fingerprint density at radius 3 is 2.95 bits per heavy atom. The third-order valence-electron chi connectivity index (χ3n) is 3.74. The Morgan fingerprint density at radius 2 is 2.14 bits per heavy atom. The van der Waals surface area contributed by atoms with Crippen molar-refractivity contribution in [2.24, 2.45) is 4.99 Å². The third kappa shape index (κ3) is 3.47. The second kappa shape index (κ2) is 7.11. The van der Waals surface area contributed by atoms with Crippen LogP contribution in [0.5, 0.6) is 0 Å². The predicted octanol–water partition coefficient (Wildman–Crippen LogP) is 0.781. The number of hydrogen-bond donors (Lipinski definition) is 2. The summed E-state index contributed by atoms with van der Waals surface area (Å²) in [6.45, 7) is 6.23. The van der Waals surface area contributed by atoms with Gasteiger partial charge in [0.2, 0.25) is 0 Å². The zero-order valence-corrected chi connectivity index (χ0v) is 13.0. The third-order valence-corrected chi connectivity index (χ3v) is 3.74. The van der Waals surface area contributed by atoms with Gasteiger partial charge in [-0.25, -0.2) is 4.99 Å². The normalized spacial score (nSPS) is 14.1. The number of rotatable bonds is 6. The van der Waals surface area contributed by atoms with Gasteiger partial charge >= 0.3 is 0 Å². The zero-order chi connectivity index (χ0) is 15.2. The van der Waals surface area contributed by atoms with E-state index in [1.54, 1.807) is 0 Å². The molecule has 2 aromatic rings. The van der Waals surface area contributed by atoms with E-state index in [4.69, 9.17) is 0 Å². The SMILES string of the molecule is CCNC(=NCc1nnc2n1CCC2)NCCn1cccc1. The maximum Gasteiger partial charge on any atom is 0.191 e. The maximum atomic E-state index is 4.61. The van der Waals surface area contributed by atoms with Gasteiger partial charge in [0.1, 0.15) is 12.4 Å². The lowest BCUT2D eigenvalue weighted by Crippen LogP contribution is -2.38. The summed E-state index contributed by atoms with van der Waals surface area (Å²) < 4.78 is 4.33. The lowest BCUT2D eigenvalue weighted by molar-refractivity contribution is 0.659. The van der Waals surface area contributed by atoms with Crippen molar-refractivity contribution in [2.45, 2.75) is 39.4 Å². The first kappa shape index (κ1) is 14.6. The van der Waals surface area contributed by atoms with E-state index in [0.717, 1.165) is 56.6 Å². The van der Waals surface area contributed by atoms with E-state index in [0.29, 0.717) is 6.54 Å². The van der Waals surface area contributed by atoms with Gasteiger partial charge in [0.25, 0.3) is 0 Å². The molecule has 118 valence electrons. The molecule has 1 aliphatic rings. The van der Waals surface area contributed by atoms with Crippen LogP contribution in [-0.2, 0) is 26.1 Å². The molecule has 0 radical (unpaired) electrons. The summed E-state index contributed by atoms with van der Waals surface area (Å²) in [5.41, 5.74) is 0. The van der Waals surface area contributed by atoms with E-state index in [-0.39, 0.29) is 0 Å². The first-order chi connectivity index (χ1) is 10.9. The smallest absolute Gasteiger partial charge is 0.191 e. The molecule has 7 heteroatoms. The Labute approximate surface area is 130 Å². The highest BCUT2D eigenvalue weighted by Gasteiger charge is 2.16. The van der Waals surface area contributed by atoms with Crippen molar-refractivity contribution in [3.63, 3.8) is 0 Å². The second-order valence-corrected chi connectivity index (χ2v) is 5.33. The zero-order valence-electron chi connectivity index (χ0n) is 13.0. The standard InChI is InChI=1S/C15H23N7/c1-2-16-15(17-7-11-21-8-3-4-9-21)18-12-14-20-19-13-6-5-10-22(13)14/h3-4,8-9H,2,5-7,10-12H2,1H3,(H2,16,17,18). The van der Waals surface area contributed by atoms with Crippen molar-refractivity contribution < 1.29 is 0 Å². The van der Waals surface area contributed by atoms with E-state index < -0.39 is 0 Å². The highest BCUT2D eigenvalue weighted by Crippen LogP contribution is 2.14. The highest BCUT2D eigenvalue weighted by atomic mass is 15.3. The van der Waals surface area contributed by atoms with E-state index in [9.17, 15) is 0 Å². The second-order valence-electron chi connectivity index (χ2n) is 5.33. The van der Waals surface area contributed by atoms with E-state index in [1.807, 2.05) is 12.1 Å². The van der Waals surface area contributed by atoms with Gasteiger partial charge in [0.15, 0.2) is 11.8 Å². The fourth-order valence-corrected chi connectivity index (χ4v) is 2.64. The number of aromatic nitrogens is 4. The molecule has 3 heterocycles. The van der Waals surface area contributed by atoms with Crippen molar-refractivity contribution in [3.05, 3.63) is 36.2 Å². The lowest BCUT2D eigenvalue weighted by Gasteiger charge is -2.11. The van der Waals surface area contributed by atoms with Crippen LogP contribution in [0.3, 0.4) is 0 Å². The van der Waals surface area contributed by atoms with Crippen LogP contribution >= 0.6 is 0 Å². The van der Waals surface area contributed by atoms with Crippen LogP contribution in [0.2, 0.25) is 0 Å². The quantitative estimate of drug-likeness (QED) is 0.611. The summed E-state index contributed by atoms with van der Waals surface area (Å²) >= 11 is 0. The molecule has 1 aliphatic heterocycles. The molecule has 7 nitrogen and oxygen atoms in total. The topological polar surface area (TPSA) is 72.1 Å². The first-order valence-corrected chi connectivity index (χ1v) is 7.90. The van der Waals surface area contributed by atoms with Gasteiger partial charge in [-0.05, 0) is 25.5 Å². The average Bonchev–Trinajstić information content (AvgIpc) is 3.23. The highest BCUT2D eigenvalue weighted by molar-refractivity contribution is 5.79. The van der Waals surface area contributed by atoms with Gasteiger partial charge in [0, 0.05) is 45.0 Å². The number of hydrogen-bond acceptors (Lipinski definition) is 3. The number of aryl methyl sites for hydroxylation is 1. The minimum Gasteiger partial charge on any atom is -0.357 e. The van der Waals surface area contributed by atoms with Crippen LogP contribution in [0.4, 0.5) is 0 Å². The fourth-order valence-electron chi connectivity index (χ4n) is 2.64. The number of fused-ring (bicyclic) bond motifs is 1. The first-order valence-electron chi connectivity index (χ1n) is 7.90. The molecule has 0 unspecified atom stereocenters. The monoisotopic (exact) mass is 301 g/mol. The van der Waals surface area contributed by atoms with Crippen molar-refractivity contribution >= 4 is 5.96 Å². The minimum absolute atomic E-state index is 0.561. The molecule has 0 atom stereocenters. The number of aliphatic imine (C=N–C) groups is 1. The van der Waals surface area contributed by atoms with Gasteiger partial charge in [0.05, 0.1) is 0 Å². The molecule has 0 spiro atoms. The summed E-state index contributed by atoms with van der Waals surface area (Å²) in [5.74, 6) is 2.87. The Bertz CT molecular complexity index is 612. The molecule has 0 aliphatic carbocycles. The van der Waals surface area contributed by atoms with Gasteiger partial charge in [-0.1, -0.05) is 0 Å². The Morgan fingerprint density at radius 1 is 1.27 bits per heavy atom. The largest absolute Gasteiger partial charge is 0.357 e. The van der Waals surface area contributed by atoms with Crippen LogP contribution in [-0.4, -0.2) is 38.4 Å². The minimum atomic E-state index is 0.561. The lowest BCUT2D eigenvalue weighted by atomic mass is 10.4. The van der Waals surface area contributed by atoms with Gasteiger partial charge in [-0.3, -0.25) is 0 Å². The van der Waals surface area contributed by atoms with Crippen molar-refractivity contribution in [3.8, 4) is 0 Å². The molecule has 22 heavy (non-hydrogen) atoms. The molecule has 0 saturated heterocycles. The number of nitrogens with zero attached hydrogens (tertiary/aromatic N) is 5. The van der Waals surface area contributed by atoms with Gasteiger partial charge in [-0.2, -0.15) is 0 Å². The van der Waals surface area contributed by atoms with Crippen LogP contribution < -0.4 is 10.6 Å². The Balaban J connectivity index is 1.55. The number of guanidine groups is 1. The molecular formula is C15H23N7. The van der Waals surface area contributed by atoms with Crippen molar-refractivity contribution in [1.29, 1.82) is 0 Å². The molecular weight excluding hydrogens is 278 g/mol. The Hall–Kier alpha value is -2.31. The summed E-state index contributed by atoms with van der Waals surface area (Å²) in [5, 5.41) is 15.1. The predicted molar refractivity (Wildman–Crippen MR) is 85.6 cm³/mol. The fraction of sp³-hybridized carbons (Fsp3) is 0.533. The van der Waals surface area contributed by atoms with Gasteiger partial charge in [-0.15, -0.1) is 10.2 Å². The summed E-state index contributed by atoms with van der Waals surface area (Å²) in [7, 11) is 0. The Kier molecular flexibility index (Phi) is 4.72. The van der Waals surface area contributed by atoms with Crippen LogP contribution in [0.1, 0.15) is 25.0 Å². The average molecular weight is 301 g/mol. The maximum absolute atomic E-state index is 4.61. The molecule has 0 amide bonds. The van der Waals surface area contributed by atoms with E-state index in [1.165, 1.54) is 0 Å². The van der Waals surface area contributed by atoms with E-state index >= 15 is 0 Å². The molecule has 3 rings (SSSR count). The summed E-state index contributed by atoms with van der Waals surface area (Å²) in [4.78, 5) is 4.61. The molecule has 2 aromatic heterocycles. The van der Waals surface area contributed by atoms with Crippen LogP contribution in [0.15, 0.2) is 29.5 Å². The van der Waals surface area contributed by atoms with Crippen molar-refractivity contribution in [2.75, 3.05) is 13.1 Å². The van der Waals surface area contributed by atoms with Crippen LogP contribution in [0, 0.1) is 0 Å². The molecule has 2 N–H and O–H groups in total. The summed E-state index contributed by atoms with van der Waals surface area (Å²) in [6, 6.07) is 4.07. The number of nitrogens with one attached hydrogen (secondary N) is 2. The molecule has 0 saturated carbocycles. The molecule has 0 fully saturated rings. The van der Waals surface area contributed by atoms with Gasteiger partial charge < -0.3 is 19.8 Å². The molecule has 0 aromatic carbocycles. The summed E-state index contributed by atoms with van der Waals surface area (Å²) in [6.07, 6.45) is 6.32. The molecule has 0 bridgehead atoms. The van der Waals surface area contributed by atoms with E-state index in [2.05, 4.69) is 54.3 Å². The van der Waals surface area contributed by atoms with Crippen LogP contribution in [0.25, 0.3) is 0 Å². The van der Waals surface area contributed by atoms with Crippen molar-refractivity contribution in [1.82, 2.24) is 30.0 Å².